The molecule has 1 fully saturated rings. The number of hydrogen-bond donors (Lipinski definition) is 1. The summed E-state index contributed by atoms with van der Waals surface area (Å²) >= 11 is 0. The molecule has 0 bridgehead atoms. The van der Waals surface area contributed by atoms with Crippen molar-refractivity contribution in [3.63, 3.8) is 0 Å². The van der Waals surface area contributed by atoms with Crippen molar-refractivity contribution in [1.82, 2.24) is 4.98 Å². The monoisotopic (exact) mass is 219 g/mol. The third-order valence-corrected chi connectivity index (χ3v) is 3.35. The highest BCUT2D eigenvalue weighted by molar-refractivity contribution is 5.54. The van der Waals surface area contributed by atoms with Gasteiger partial charge in [-0.3, -0.25) is 0 Å². The Labute approximate surface area is 97.7 Å². The molecule has 1 saturated heterocycles. The number of piperidine rings is 1. The first-order chi connectivity index (χ1) is 7.48. The van der Waals surface area contributed by atoms with E-state index in [9.17, 15) is 0 Å². The fourth-order valence-electron chi connectivity index (χ4n) is 2.32. The summed E-state index contributed by atoms with van der Waals surface area (Å²) < 4.78 is 0. The van der Waals surface area contributed by atoms with Crippen molar-refractivity contribution in [3.8, 4) is 0 Å². The maximum absolute atomic E-state index is 5.93. The molecule has 0 aliphatic carbocycles. The largest absolute Gasteiger partial charge is 0.398 e. The summed E-state index contributed by atoms with van der Waals surface area (Å²) in [4.78, 5) is 6.82. The molecule has 1 aliphatic rings. The van der Waals surface area contributed by atoms with Gasteiger partial charge in [0, 0.05) is 31.0 Å². The molecule has 0 radical (unpaired) electrons. The SMILES string of the molecule is Cc1cnc(N2CCCC(C)(C)C2)cc1N. The van der Waals surface area contributed by atoms with Crippen LogP contribution in [0, 0.1) is 12.3 Å². The van der Waals surface area contributed by atoms with Crippen LogP contribution in [0.5, 0.6) is 0 Å². The van der Waals surface area contributed by atoms with Gasteiger partial charge in [0.15, 0.2) is 0 Å². The fourth-order valence-corrected chi connectivity index (χ4v) is 2.32. The van der Waals surface area contributed by atoms with E-state index in [1.54, 1.807) is 0 Å². The Kier molecular flexibility index (Phi) is 2.78. The van der Waals surface area contributed by atoms with Crippen LogP contribution in [0.1, 0.15) is 32.3 Å². The van der Waals surface area contributed by atoms with Crippen molar-refractivity contribution in [2.24, 2.45) is 5.41 Å². The molecule has 0 atom stereocenters. The Morgan fingerprint density at radius 3 is 2.81 bits per heavy atom. The van der Waals surface area contributed by atoms with Crippen molar-refractivity contribution in [2.45, 2.75) is 33.6 Å². The maximum atomic E-state index is 5.93. The average molecular weight is 219 g/mol. The van der Waals surface area contributed by atoms with Crippen molar-refractivity contribution < 1.29 is 0 Å². The van der Waals surface area contributed by atoms with Crippen LogP contribution >= 0.6 is 0 Å². The number of aryl methyl sites for hydroxylation is 1. The van der Waals surface area contributed by atoms with E-state index in [0.29, 0.717) is 5.41 Å². The Morgan fingerprint density at radius 1 is 1.44 bits per heavy atom. The van der Waals surface area contributed by atoms with E-state index in [4.69, 9.17) is 5.73 Å². The molecule has 1 aliphatic heterocycles. The summed E-state index contributed by atoms with van der Waals surface area (Å²) in [5.74, 6) is 1.02. The van der Waals surface area contributed by atoms with E-state index in [2.05, 4.69) is 23.7 Å². The fraction of sp³-hybridized carbons (Fsp3) is 0.615. The number of rotatable bonds is 1. The van der Waals surface area contributed by atoms with Crippen LogP contribution in [0.2, 0.25) is 0 Å². The average Bonchev–Trinajstić information content (AvgIpc) is 2.20. The number of hydrogen-bond acceptors (Lipinski definition) is 3. The highest BCUT2D eigenvalue weighted by Crippen LogP contribution is 2.31. The molecule has 2 rings (SSSR count). The number of anilines is 2. The first-order valence-electron chi connectivity index (χ1n) is 5.95. The van der Waals surface area contributed by atoms with Crippen molar-refractivity contribution in [1.29, 1.82) is 0 Å². The zero-order valence-corrected chi connectivity index (χ0v) is 10.5. The van der Waals surface area contributed by atoms with Gasteiger partial charge >= 0.3 is 0 Å². The summed E-state index contributed by atoms with van der Waals surface area (Å²) in [6.07, 6.45) is 4.40. The lowest BCUT2D eigenvalue weighted by Crippen LogP contribution is -2.40. The highest BCUT2D eigenvalue weighted by Gasteiger charge is 2.27. The molecule has 0 amide bonds. The first kappa shape index (κ1) is 11.2. The molecule has 1 aromatic heterocycles. The smallest absolute Gasteiger partial charge is 0.130 e. The van der Waals surface area contributed by atoms with E-state index in [1.165, 1.54) is 12.8 Å². The van der Waals surface area contributed by atoms with Gasteiger partial charge < -0.3 is 10.6 Å². The second-order valence-electron chi connectivity index (χ2n) is 5.59. The molecular weight excluding hydrogens is 198 g/mol. The van der Waals surface area contributed by atoms with Gasteiger partial charge in [0.05, 0.1) is 0 Å². The lowest BCUT2D eigenvalue weighted by Gasteiger charge is -2.38. The van der Waals surface area contributed by atoms with E-state index >= 15 is 0 Å². The molecule has 1 aromatic rings. The predicted molar refractivity (Wildman–Crippen MR) is 68.6 cm³/mol. The van der Waals surface area contributed by atoms with Crippen molar-refractivity contribution in [3.05, 3.63) is 17.8 Å². The van der Waals surface area contributed by atoms with Gasteiger partial charge in [-0.25, -0.2) is 4.98 Å². The molecular formula is C13H21N3. The molecule has 88 valence electrons. The van der Waals surface area contributed by atoms with Crippen LogP contribution in [0.25, 0.3) is 0 Å². The zero-order chi connectivity index (χ0) is 11.8. The van der Waals surface area contributed by atoms with Gasteiger partial charge in [0.1, 0.15) is 5.82 Å². The Balaban J connectivity index is 2.20. The number of pyridine rings is 1. The molecule has 2 N–H and O–H groups in total. The number of aromatic nitrogens is 1. The molecule has 3 heteroatoms. The van der Waals surface area contributed by atoms with E-state index in [1.807, 2.05) is 19.2 Å². The molecule has 2 heterocycles. The normalized spacial score (nSPS) is 19.8. The topological polar surface area (TPSA) is 42.2 Å². The molecule has 16 heavy (non-hydrogen) atoms. The Hall–Kier alpha value is -1.25. The maximum Gasteiger partial charge on any atom is 0.130 e. The van der Waals surface area contributed by atoms with Crippen molar-refractivity contribution >= 4 is 11.5 Å². The lowest BCUT2D eigenvalue weighted by molar-refractivity contribution is 0.292. The first-order valence-corrected chi connectivity index (χ1v) is 5.95. The third-order valence-electron chi connectivity index (χ3n) is 3.35. The number of nitrogens with zero attached hydrogens (tertiary/aromatic N) is 2. The van der Waals surface area contributed by atoms with Crippen LogP contribution in [-0.4, -0.2) is 18.1 Å². The number of nitrogen functional groups attached to an aromatic ring is 1. The quantitative estimate of drug-likeness (QED) is 0.789. The van der Waals surface area contributed by atoms with Crippen LogP contribution in [0.3, 0.4) is 0 Å². The second-order valence-corrected chi connectivity index (χ2v) is 5.59. The van der Waals surface area contributed by atoms with Gasteiger partial charge in [0.2, 0.25) is 0 Å². The van der Waals surface area contributed by atoms with E-state index in [0.717, 1.165) is 30.2 Å². The minimum Gasteiger partial charge on any atom is -0.398 e. The lowest BCUT2D eigenvalue weighted by atomic mass is 9.84. The molecule has 0 spiro atoms. The Morgan fingerprint density at radius 2 is 2.19 bits per heavy atom. The van der Waals surface area contributed by atoms with Crippen molar-refractivity contribution in [2.75, 3.05) is 23.7 Å². The molecule has 3 nitrogen and oxygen atoms in total. The predicted octanol–water partition coefficient (Wildman–Crippen LogP) is 2.60. The Bertz CT molecular complexity index is 385. The van der Waals surface area contributed by atoms with Crippen LogP contribution in [0.4, 0.5) is 11.5 Å². The van der Waals surface area contributed by atoms with Crippen LogP contribution in [0.15, 0.2) is 12.3 Å². The minimum atomic E-state index is 0.388. The van der Waals surface area contributed by atoms with E-state index in [-0.39, 0.29) is 0 Å². The second kappa shape index (κ2) is 3.96. The highest BCUT2D eigenvalue weighted by atomic mass is 15.2. The molecule has 0 unspecified atom stereocenters. The van der Waals surface area contributed by atoms with Crippen LogP contribution < -0.4 is 10.6 Å². The number of nitrogens with two attached hydrogens (primary N) is 1. The van der Waals surface area contributed by atoms with E-state index < -0.39 is 0 Å². The molecule has 0 aromatic carbocycles. The summed E-state index contributed by atoms with van der Waals surface area (Å²) in [7, 11) is 0. The standard InChI is InChI=1S/C13H21N3/c1-10-8-15-12(7-11(10)14)16-6-4-5-13(2,3)9-16/h7-8H,4-6,9H2,1-3H3,(H2,14,15). The van der Waals surface area contributed by atoms with Gasteiger partial charge in [-0.05, 0) is 30.7 Å². The summed E-state index contributed by atoms with van der Waals surface area (Å²) in [6.45, 7) is 8.79. The third kappa shape index (κ3) is 2.29. The summed E-state index contributed by atoms with van der Waals surface area (Å²) in [5.41, 5.74) is 8.21. The van der Waals surface area contributed by atoms with Crippen LogP contribution in [-0.2, 0) is 0 Å². The van der Waals surface area contributed by atoms with Gasteiger partial charge in [0.25, 0.3) is 0 Å². The minimum absolute atomic E-state index is 0.388. The van der Waals surface area contributed by atoms with Gasteiger partial charge in [-0.15, -0.1) is 0 Å². The van der Waals surface area contributed by atoms with Gasteiger partial charge in [-0.2, -0.15) is 0 Å². The molecule has 0 saturated carbocycles. The summed E-state index contributed by atoms with van der Waals surface area (Å²) in [5, 5.41) is 0. The summed E-state index contributed by atoms with van der Waals surface area (Å²) in [6, 6.07) is 2.00. The van der Waals surface area contributed by atoms with Gasteiger partial charge in [-0.1, -0.05) is 13.8 Å². The zero-order valence-electron chi connectivity index (χ0n) is 10.5.